The summed E-state index contributed by atoms with van der Waals surface area (Å²) < 4.78 is 0. The number of carbonyl (C=O) groups is 2. The van der Waals surface area contributed by atoms with Crippen molar-refractivity contribution in [3.63, 3.8) is 0 Å². The molecule has 1 rings (SSSR count). The summed E-state index contributed by atoms with van der Waals surface area (Å²) >= 11 is 0. The van der Waals surface area contributed by atoms with Gasteiger partial charge in [0, 0.05) is 32.7 Å². The van der Waals surface area contributed by atoms with Gasteiger partial charge in [0.15, 0.2) is 0 Å². The van der Waals surface area contributed by atoms with Crippen molar-refractivity contribution >= 4 is 11.9 Å². The Hall–Kier alpha value is -1.14. The second-order valence-electron chi connectivity index (χ2n) is 4.65. The van der Waals surface area contributed by atoms with E-state index in [0.29, 0.717) is 13.0 Å². The van der Waals surface area contributed by atoms with Gasteiger partial charge >= 0.3 is 5.97 Å². The molecule has 0 radical (unpaired) electrons. The summed E-state index contributed by atoms with van der Waals surface area (Å²) in [6, 6.07) is 0. The monoisotopic (exact) mass is 257 g/mol. The van der Waals surface area contributed by atoms with E-state index in [1.807, 2.05) is 6.92 Å². The first kappa shape index (κ1) is 14.9. The van der Waals surface area contributed by atoms with E-state index >= 15 is 0 Å². The van der Waals surface area contributed by atoms with Crippen molar-refractivity contribution in [1.82, 2.24) is 15.5 Å². The first-order valence-electron chi connectivity index (χ1n) is 6.56. The highest BCUT2D eigenvalue weighted by Crippen LogP contribution is 2.05. The minimum Gasteiger partial charge on any atom is -0.481 e. The number of carboxylic acid groups (broad SMARTS) is 1. The van der Waals surface area contributed by atoms with E-state index in [0.717, 1.165) is 32.6 Å². The largest absolute Gasteiger partial charge is 0.481 e. The molecule has 18 heavy (non-hydrogen) atoms. The molecule has 1 unspecified atom stereocenters. The lowest BCUT2D eigenvalue weighted by Gasteiger charge is -2.26. The minimum absolute atomic E-state index is 0.0840. The Morgan fingerprint density at radius 3 is 2.61 bits per heavy atom. The number of aliphatic carboxylic acids is 1. The molecule has 0 saturated carbocycles. The van der Waals surface area contributed by atoms with Crippen LogP contribution in [-0.2, 0) is 9.59 Å². The zero-order chi connectivity index (χ0) is 13.4. The standard InChI is InChI=1S/C12H23N3O3/c1-2-3-10(12(17)18)8-14-11(16)9-15-6-4-13-5-7-15/h10,13H,2-9H2,1H3,(H,14,16)(H,17,18). The Balaban J connectivity index is 2.24. The number of piperazine rings is 1. The van der Waals surface area contributed by atoms with Gasteiger partial charge in [-0.3, -0.25) is 14.5 Å². The summed E-state index contributed by atoms with van der Waals surface area (Å²) in [5, 5.41) is 14.9. The minimum atomic E-state index is -0.834. The summed E-state index contributed by atoms with van der Waals surface area (Å²) in [4.78, 5) is 24.7. The second kappa shape index (κ2) is 8.05. The number of hydrogen-bond acceptors (Lipinski definition) is 4. The maximum Gasteiger partial charge on any atom is 0.308 e. The Bertz CT molecular complexity index is 278. The molecule has 0 aliphatic carbocycles. The van der Waals surface area contributed by atoms with Crippen LogP contribution in [0.1, 0.15) is 19.8 Å². The molecule has 1 heterocycles. The molecule has 6 heteroatoms. The zero-order valence-electron chi connectivity index (χ0n) is 10.9. The van der Waals surface area contributed by atoms with E-state index in [9.17, 15) is 9.59 Å². The first-order valence-corrected chi connectivity index (χ1v) is 6.56. The van der Waals surface area contributed by atoms with Crippen LogP contribution in [0.25, 0.3) is 0 Å². The van der Waals surface area contributed by atoms with E-state index in [-0.39, 0.29) is 12.5 Å². The molecule has 0 bridgehead atoms. The molecule has 1 aliphatic rings. The number of nitrogens with zero attached hydrogens (tertiary/aromatic N) is 1. The molecular weight excluding hydrogens is 234 g/mol. The fourth-order valence-electron chi connectivity index (χ4n) is 2.03. The van der Waals surface area contributed by atoms with Crippen molar-refractivity contribution in [2.24, 2.45) is 5.92 Å². The smallest absolute Gasteiger partial charge is 0.308 e. The molecule has 6 nitrogen and oxygen atoms in total. The number of carbonyl (C=O) groups excluding carboxylic acids is 1. The fourth-order valence-corrected chi connectivity index (χ4v) is 2.03. The van der Waals surface area contributed by atoms with E-state index in [2.05, 4.69) is 15.5 Å². The van der Waals surface area contributed by atoms with Gasteiger partial charge < -0.3 is 15.7 Å². The Morgan fingerprint density at radius 1 is 1.39 bits per heavy atom. The molecule has 1 fully saturated rings. The highest BCUT2D eigenvalue weighted by atomic mass is 16.4. The quantitative estimate of drug-likeness (QED) is 0.573. The molecule has 1 atom stereocenters. The predicted molar refractivity (Wildman–Crippen MR) is 68.4 cm³/mol. The third kappa shape index (κ3) is 5.46. The van der Waals surface area contributed by atoms with Crippen molar-refractivity contribution in [2.75, 3.05) is 39.3 Å². The maximum atomic E-state index is 11.7. The summed E-state index contributed by atoms with van der Waals surface area (Å²) in [6.45, 7) is 6.07. The molecule has 1 saturated heterocycles. The predicted octanol–water partition coefficient (Wildman–Crippen LogP) is -0.491. The van der Waals surface area contributed by atoms with E-state index in [4.69, 9.17) is 5.11 Å². The number of amides is 1. The normalized spacial score (nSPS) is 18.3. The van der Waals surface area contributed by atoms with Crippen molar-refractivity contribution in [3.05, 3.63) is 0 Å². The van der Waals surface area contributed by atoms with Gasteiger partial charge in [-0.2, -0.15) is 0 Å². The number of nitrogens with one attached hydrogen (secondary N) is 2. The zero-order valence-corrected chi connectivity index (χ0v) is 10.9. The topological polar surface area (TPSA) is 81.7 Å². The van der Waals surface area contributed by atoms with E-state index < -0.39 is 11.9 Å². The summed E-state index contributed by atoms with van der Waals surface area (Å²) in [5.41, 5.74) is 0. The average Bonchev–Trinajstić information content (AvgIpc) is 2.35. The second-order valence-corrected chi connectivity index (χ2v) is 4.65. The van der Waals surface area contributed by atoms with Crippen LogP contribution in [0, 0.1) is 5.92 Å². The van der Waals surface area contributed by atoms with Crippen molar-refractivity contribution in [3.8, 4) is 0 Å². The Morgan fingerprint density at radius 2 is 2.06 bits per heavy atom. The average molecular weight is 257 g/mol. The van der Waals surface area contributed by atoms with Crippen LogP contribution < -0.4 is 10.6 Å². The maximum absolute atomic E-state index is 11.7. The number of carboxylic acids is 1. The Kier molecular flexibility index (Phi) is 6.67. The van der Waals surface area contributed by atoms with Crippen LogP contribution in [0.3, 0.4) is 0 Å². The summed E-state index contributed by atoms with van der Waals surface area (Å²) in [5.74, 6) is -1.39. The molecule has 0 aromatic carbocycles. The molecule has 1 amide bonds. The SMILES string of the molecule is CCCC(CNC(=O)CN1CCNCC1)C(=O)O. The van der Waals surface area contributed by atoms with Gasteiger partial charge in [-0.15, -0.1) is 0 Å². The third-order valence-corrected chi connectivity index (χ3v) is 3.11. The number of hydrogen-bond donors (Lipinski definition) is 3. The molecule has 0 spiro atoms. The fraction of sp³-hybridized carbons (Fsp3) is 0.833. The highest BCUT2D eigenvalue weighted by molar-refractivity contribution is 5.79. The van der Waals surface area contributed by atoms with Crippen LogP contribution in [-0.4, -0.2) is 61.2 Å². The van der Waals surface area contributed by atoms with Crippen molar-refractivity contribution in [1.29, 1.82) is 0 Å². The lowest BCUT2D eigenvalue weighted by atomic mass is 10.0. The van der Waals surface area contributed by atoms with Crippen LogP contribution in [0.4, 0.5) is 0 Å². The van der Waals surface area contributed by atoms with Gasteiger partial charge in [-0.25, -0.2) is 0 Å². The van der Waals surface area contributed by atoms with Gasteiger partial charge in [-0.05, 0) is 6.42 Å². The summed E-state index contributed by atoms with van der Waals surface area (Å²) in [6.07, 6.45) is 1.41. The highest BCUT2D eigenvalue weighted by Gasteiger charge is 2.18. The molecule has 3 N–H and O–H groups in total. The number of rotatable bonds is 7. The molecule has 1 aliphatic heterocycles. The van der Waals surface area contributed by atoms with Gasteiger partial charge in [0.05, 0.1) is 12.5 Å². The molecule has 0 aromatic heterocycles. The van der Waals surface area contributed by atoms with Gasteiger partial charge in [0.2, 0.25) is 5.91 Å². The van der Waals surface area contributed by atoms with Gasteiger partial charge in [-0.1, -0.05) is 13.3 Å². The van der Waals surface area contributed by atoms with Crippen LogP contribution >= 0.6 is 0 Å². The van der Waals surface area contributed by atoms with Crippen LogP contribution in [0.5, 0.6) is 0 Å². The Labute approximate surface area is 108 Å². The van der Waals surface area contributed by atoms with Crippen LogP contribution in [0.15, 0.2) is 0 Å². The van der Waals surface area contributed by atoms with E-state index in [1.54, 1.807) is 0 Å². The van der Waals surface area contributed by atoms with E-state index in [1.165, 1.54) is 0 Å². The lowest BCUT2D eigenvalue weighted by Crippen LogP contribution is -2.48. The van der Waals surface area contributed by atoms with Crippen molar-refractivity contribution < 1.29 is 14.7 Å². The molecule has 0 aromatic rings. The molecule has 104 valence electrons. The van der Waals surface area contributed by atoms with Crippen molar-refractivity contribution in [2.45, 2.75) is 19.8 Å². The van der Waals surface area contributed by atoms with Gasteiger partial charge in [0.1, 0.15) is 0 Å². The lowest BCUT2D eigenvalue weighted by molar-refractivity contribution is -0.142. The van der Waals surface area contributed by atoms with Crippen LogP contribution in [0.2, 0.25) is 0 Å². The summed E-state index contributed by atoms with van der Waals surface area (Å²) in [7, 11) is 0. The first-order chi connectivity index (χ1) is 8.63. The third-order valence-electron chi connectivity index (χ3n) is 3.11. The molecular formula is C12H23N3O3. The van der Waals surface area contributed by atoms with Gasteiger partial charge in [0.25, 0.3) is 0 Å².